The van der Waals surface area contributed by atoms with Crippen LogP contribution in [0.15, 0.2) is 65.0 Å². The van der Waals surface area contributed by atoms with Crippen LogP contribution in [-0.4, -0.2) is 27.3 Å². The van der Waals surface area contributed by atoms with Crippen molar-refractivity contribution in [3.8, 4) is 0 Å². The maximum Gasteiger partial charge on any atom is 0.338 e. The van der Waals surface area contributed by atoms with Crippen molar-refractivity contribution >= 4 is 23.7 Å². The van der Waals surface area contributed by atoms with Gasteiger partial charge in [-0.25, -0.2) is 13.9 Å². The second-order valence-corrected chi connectivity index (χ2v) is 8.22. The first-order valence-electron chi connectivity index (χ1n) is 10.0. The number of hydrogen-bond acceptors (Lipinski definition) is 6. The number of carbonyl (C=O) groups is 1. The van der Waals surface area contributed by atoms with Gasteiger partial charge in [-0.2, -0.15) is 4.98 Å². The van der Waals surface area contributed by atoms with Crippen molar-refractivity contribution in [2.45, 2.75) is 37.7 Å². The number of allylic oxidation sites excluding steroid dienone is 1. The maximum atomic E-state index is 13.1. The van der Waals surface area contributed by atoms with E-state index in [0.29, 0.717) is 34.7 Å². The van der Waals surface area contributed by atoms with Crippen LogP contribution in [-0.2, 0) is 15.3 Å². The minimum Gasteiger partial charge on any atom is -0.463 e. The van der Waals surface area contributed by atoms with Crippen molar-refractivity contribution in [1.29, 1.82) is 0 Å². The highest BCUT2D eigenvalue weighted by atomic mass is 32.2. The molecule has 1 aromatic heterocycles. The topological polar surface area (TPSA) is 69.0 Å². The SMILES string of the molecule is CCOC(=O)C1=C(C)Nc2nc(SCc3ccc(F)cc3)nn2[C@H]1c1ccc(C)cc1. The molecule has 0 amide bonds. The van der Waals surface area contributed by atoms with Crippen LogP contribution in [0.25, 0.3) is 0 Å². The summed E-state index contributed by atoms with van der Waals surface area (Å²) in [6.45, 7) is 5.94. The van der Waals surface area contributed by atoms with E-state index in [-0.39, 0.29) is 11.8 Å². The van der Waals surface area contributed by atoms with Gasteiger partial charge in [0.2, 0.25) is 11.1 Å². The number of aromatic nitrogens is 3. The number of carbonyl (C=O) groups excluding carboxylic acids is 1. The van der Waals surface area contributed by atoms with Gasteiger partial charge in [0.1, 0.15) is 11.9 Å². The van der Waals surface area contributed by atoms with Crippen molar-refractivity contribution in [3.05, 3.63) is 82.3 Å². The Labute approximate surface area is 184 Å². The van der Waals surface area contributed by atoms with Gasteiger partial charge in [0.25, 0.3) is 0 Å². The molecule has 0 unspecified atom stereocenters. The lowest BCUT2D eigenvalue weighted by Crippen LogP contribution is -2.29. The molecule has 0 saturated heterocycles. The highest BCUT2D eigenvalue weighted by molar-refractivity contribution is 7.98. The van der Waals surface area contributed by atoms with Gasteiger partial charge in [0, 0.05) is 11.4 Å². The van der Waals surface area contributed by atoms with Crippen molar-refractivity contribution in [2.24, 2.45) is 0 Å². The standard InChI is InChI=1S/C23H23FN4O2S/c1-4-30-21(29)19-15(3)25-22-26-23(31-13-16-7-11-18(24)12-8-16)27-28(22)20(19)17-9-5-14(2)6-10-17/h5-12,20H,4,13H2,1-3H3,(H,25,26,27)/t20-/m0/s1. The molecule has 1 N–H and O–H groups in total. The van der Waals surface area contributed by atoms with Crippen molar-refractivity contribution in [2.75, 3.05) is 11.9 Å². The van der Waals surface area contributed by atoms with Gasteiger partial charge in [-0.3, -0.25) is 0 Å². The molecule has 0 spiro atoms. The lowest BCUT2D eigenvalue weighted by Gasteiger charge is -2.28. The number of rotatable bonds is 6. The number of hydrogen-bond donors (Lipinski definition) is 1. The molecule has 2 heterocycles. The normalized spacial score (nSPS) is 15.4. The van der Waals surface area contributed by atoms with E-state index in [0.717, 1.165) is 16.7 Å². The van der Waals surface area contributed by atoms with Crippen LogP contribution in [0.3, 0.4) is 0 Å². The molecule has 160 valence electrons. The number of ether oxygens (including phenoxy) is 1. The van der Waals surface area contributed by atoms with Crippen LogP contribution in [0, 0.1) is 12.7 Å². The smallest absolute Gasteiger partial charge is 0.338 e. The lowest BCUT2D eigenvalue weighted by atomic mass is 9.95. The quantitative estimate of drug-likeness (QED) is 0.437. The molecule has 0 radical (unpaired) electrons. The molecule has 2 aromatic carbocycles. The highest BCUT2D eigenvalue weighted by Gasteiger charge is 2.35. The fourth-order valence-corrected chi connectivity index (χ4v) is 4.24. The van der Waals surface area contributed by atoms with Crippen molar-refractivity contribution in [1.82, 2.24) is 14.8 Å². The summed E-state index contributed by atoms with van der Waals surface area (Å²) in [5, 5.41) is 8.44. The predicted octanol–water partition coefficient (Wildman–Crippen LogP) is 4.87. The van der Waals surface area contributed by atoms with Crippen molar-refractivity contribution in [3.63, 3.8) is 0 Å². The Bertz CT molecular complexity index is 1120. The summed E-state index contributed by atoms with van der Waals surface area (Å²) in [7, 11) is 0. The summed E-state index contributed by atoms with van der Waals surface area (Å²) in [5.74, 6) is 0.538. The van der Waals surface area contributed by atoms with E-state index in [2.05, 4.69) is 15.4 Å². The monoisotopic (exact) mass is 438 g/mol. The highest BCUT2D eigenvalue weighted by Crippen LogP contribution is 2.37. The van der Waals surface area contributed by atoms with E-state index in [1.165, 1.54) is 23.9 Å². The van der Waals surface area contributed by atoms with Crippen molar-refractivity contribution < 1.29 is 13.9 Å². The Morgan fingerprint density at radius 3 is 2.55 bits per heavy atom. The van der Waals surface area contributed by atoms with Gasteiger partial charge in [0.15, 0.2) is 0 Å². The van der Waals surface area contributed by atoms with Crippen LogP contribution >= 0.6 is 11.8 Å². The minimum atomic E-state index is -0.441. The van der Waals surface area contributed by atoms with Gasteiger partial charge >= 0.3 is 5.97 Å². The minimum absolute atomic E-state index is 0.262. The lowest BCUT2D eigenvalue weighted by molar-refractivity contribution is -0.139. The molecule has 8 heteroatoms. The molecule has 0 saturated carbocycles. The summed E-state index contributed by atoms with van der Waals surface area (Å²) >= 11 is 1.45. The Morgan fingerprint density at radius 1 is 1.16 bits per heavy atom. The predicted molar refractivity (Wildman–Crippen MR) is 118 cm³/mol. The molecular weight excluding hydrogens is 415 g/mol. The number of benzene rings is 2. The Hall–Kier alpha value is -3.13. The van der Waals surface area contributed by atoms with Crippen LogP contribution in [0.1, 0.15) is 36.6 Å². The molecule has 3 aromatic rings. The number of aryl methyl sites for hydroxylation is 1. The average Bonchev–Trinajstić information content (AvgIpc) is 3.15. The molecule has 0 bridgehead atoms. The number of nitrogens with one attached hydrogen (secondary N) is 1. The fourth-order valence-electron chi connectivity index (χ4n) is 3.45. The molecule has 0 fully saturated rings. The number of esters is 1. The zero-order chi connectivity index (χ0) is 22.0. The zero-order valence-electron chi connectivity index (χ0n) is 17.6. The Kier molecular flexibility index (Phi) is 6.08. The second-order valence-electron chi connectivity index (χ2n) is 7.28. The molecular formula is C23H23FN4O2S. The van der Waals surface area contributed by atoms with E-state index in [1.807, 2.05) is 38.1 Å². The van der Waals surface area contributed by atoms with Crippen LogP contribution in [0.5, 0.6) is 0 Å². The second kappa shape index (κ2) is 8.93. The summed E-state index contributed by atoms with van der Waals surface area (Å²) in [5.41, 5.74) is 4.24. The number of fused-ring (bicyclic) bond motifs is 1. The summed E-state index contributed by atoms with van der Waals surface area (Å²) in [4.78, 5) is 17.4. The Balaban J connectivity index is 1.67. The van der Waals surface area contributed by atoms with Gasteiger partial charge in [-0.15, -0.1) is 5.10 Å². The van der Waals surface area contributed by atoms with E-state index in [9.17, 15) is 9.18 Å². The molecule has 0 aliphatic carbocycles. The third-order valence-electron chi connectivity index (χ3n) is 5.00. The largest absolute Gasteiger partial charge is 0.463 e. The van der Waals surface area contributed by atoms with E-state index < -0.39 is 6.04 Å². The van der Waals surface area contributed by atoms with Gasteiger partial charge in [0.05, 0.1) is 12.2 Å². The third kappa shape index (κ3) is 4.49. The fraction of sp³-hybridized carbons (Fsp3) is 0.261. The summed E-state index contributed by atoms with van der Waals surface area (Å²) < 4.78 is 20.2. The molecule has 31 heavy (non-hydrogen) atoms. The summed E-state index contributed by atoms with van der Waals surface area (Å²) in [6.07, 6.45) is 0. The molecule has 6 nitrogen and oxygen atoms in total. The van der Waals surface area contributed by atoms with E-state index in [1.54, 1.807) is 23.7 Å². The maximum absolute atomic E-state index is 13.1. The Morgan fingerprint density at radius 2 is 1.87 bits per heavy atom. The van der Waals surface area contributed by atoms with Crippen LogP contribution in [0.2, 0.25) is 0 Å². The first-order valence-corrected chi connectivity index (χ1v) is 11.0. The average molecular weight is 439 g/mol. The van der Waals surface area contributed by atoms with Gasteiger partial charge in [-0.1, -0.05) is 53.7 Å². The van der Waals surface area contributed by atoms with Crippen LogP contribution in [0.4, 0.5) is 10.3 Å². The first-order chi connectivity index (χ1) is 15.0. The first kappa shape index (κ1) is 21.1. The molecule has 1 atom stereocenters. The number of thioether (sulfide) groups is 1. The molecule has 1 aliphatic rings. The van der Waals surface area contributed by atoms with Gasteiger partial charge < -0.3 is 10.1 Å². The number of anilines is 1. The number of nitrogens with zero attached hydrogens (tertiary/aromatic N) is 3. The van der Waals surface area contributed by atoms with Gasteiger partial charge in [-0.05, 0) is 44.0 Å². The molecule has 4 rings (SSSR count). The van der Waals surface area contributed by atoms with Crippen LogP contribution < -0.4 is 5.32 Å². The third-order valence-corrected chi connectivity index (χ3v) is 5.91. The number of halogens is 1. The molecule has 1 aliphatic heterocycles. The van der Waals surface area contributed by atoms with E-state index in [4.69, 9.17) is 4.74 Å². The summed E-state index contributed by atoms with van der Waals surface area (Å²) in [6, 6.07) is 13.9. The van der Waals surface area contributed by atoms with E-state index >= 15 is 0 Å². The zero-order valence-corrected chi connectivity index (χ0v) is 18.4.